The Morgan fingerprint density at radius 3 is 2.86 bits per heavy atom. The van der Waals surface area contributed by atoms with E-state index in [1.807, 2.05) is 16.9 Å². The molecule has 1 atom stereocenters. The lowest BCUT2D eigenvalue weighted by Gasteiger charge is -2.20. The highest BCUT2D eigenvalue weighted by atomic mass is 15.3. The van der Waals surface area contributed by atoms with Crippen LogP contribution in [0.15, 0.2) is 30.5 Å². The summed E-state index contributed by atoms with van der Waals surface area (Å²) in [5, 5.41) is 4.34. The van der Waals surface area contributed by atoms with Gasteiger partial charge in [0, 0.05) is 31.0 Å². The molecule has 0 N–H and O–H groups in total. The van der Waals surface area contributed by atoms with Crippen molar-refractivity contribution in [2.75, 3.05) is 13.1 Å². The van der Waals surface area contributed by atoms with Crippen molar-refractivity contribution in [1.82, 2.24) is 19.7 Å². The van der Waals surface area contributed by atoms with Crippen LogP contribution in [-0.4, -0.2) is 38.8 Å². The van der Waals surface area contributed by atoms with E-state index in [4.69, 9.17) is 4.98 Å². The smallest absolute Gasteiger partial charge is 0.0886 e. The minimum Gasteiger partial charge on any atom is -0.301 e. The average molecular weight is 298 g/mol. The van der Waals surface area contributed by atoms with Gasteiger partial charge in [-0.2, -0.15) is 5.10 Å². The second-order valence-corrected chi connectivity index (χ2v) is 6.49. The van der Waals surface area contributed by atoms with Crippen LogP contribution in [0.25, 0.3) is 11.4 Å². The number of aromatic nitrogens is 3. The highest BCUT2D eigenvalue weighted by molar-refractivity contribution is 5.54. The Kier molecular flexibility index (Phi) is 4.57. The van der Waals surface area contributed by atoms with Gasteiger partial charge >= 0.3 is 0 Å². The van der Waals surface area contributed by atoms with Gasteiger partial charge in [-0.3, -0.25) is 9.67 Å². The Bertz CT molecular complexity index is 617. The minimum atomic E-state index is 0.656. The van der Waals surface area contributed by atoms with Crippen molar-refractivity contribution < 1.29 is 0 Å². The fourth-order valence-electron chi connectivity index (χ4n) is 3.33. The first-order chi connectivity index (χ1) is 10.7. The van der Waals surface area contributed by atoms with Crippen molar-refractivity contribution >= 4 is 0 Å². The first-order valence-electron chi connectivity index (χ1n) is 8.39. The van der Waals surface area contributed by atoms with Gasteiger partial charge in [-0.1, -0.05) is 6.07 Å². The van der Waals surface area contributed by atoms with Crippen LogP contribution in [0.5, 0.6) is 0 Å². The zero-order valence-corrected chi connectivity index (χ0v) is 13.9. The van der Waals surface area contributed by atoms with Crippen LogP contribution >= 0.6 is 0 Å². The van der Waals surface area contributed by atoms with Gasteiger partial charge in [0.05, 0.1) is 11.4 Å². The largest absolute Gasteiger partial charge is 0.301 e. The Morgan fingerprint density at radius 2 is 2.14 bits per heavy atom. The number of hydrogen-bond acceptors (Lipinski definition) is 3. The van der Waals surface area contributed by atoms with Crippen LogP contribution < -0.4 is 0 Å². The summed E-state index contributed by atoms with van der Waals surface area (Å²) >= 11 is 0. The highest BCUT2D eigenvalue weighted by Crippen LogP contribution is 2.23. The third kappa shape index (κ3) is 3.22. The fraction of sp³-hybridized carbons (Fsp3) is 0.556. The maximum Gasteiger partial charge on any atom is 0.0886 e. The van der Waals surface area contributed by atoms with Crippen molar-refractivity contribution in [3.63, 3.8) is 0 Å². The van der Waals surface area contributed by atoms with E-state index in [2.05, 4.69) is 49.0 Å². The topological polar surface area (TPSA) is 34.0 Å². The highest BCUT2D eigenvalue weighted by Gasteiger charge is 2.24. The van der Waals surface area contributed by atoms with Crippen molar-refractivity contribution in [2.45, 2.75) is 46.2 Å². The van der Waals surface area contributed by atoms with E-state index in [0.29, 0.717) is 6.04 Å². The summed E-state index contributed by atoms with van der Waals surface area (Å²) in [5.41, 5.74) is 3.35. The Hall–Kier alpha value is -1.68. The van der Waals surface area contributed by atoms with Crippen molar-refractivity contribution in [3.05, 3.63) is 36.2 Å². The number of rotatable bonds is 5. The average Bonchev–Trinajstić information content (AvgIpc) is 3.16. The van der Waals surface area contributed by atoms with Crippen LogP contribution in [0, 0.1) is 5.92 Å². The standard InChI is InChI=1S/C18H26N4/c1-4-22-18(8-10-19-22)17-7-5-6-16(20-17)12-15-9-11-21(13-15)14(2)3/h5-8,10,14-15H,4,9,11-13H2,1-3H3/t15-/m1/s1. The van der Waals surface area contributed by atoms with E-state index >= 15 is 0 Å². The molecule has 2 aromatic heterocycles. The molecule has 0 amide bonds. The van der Waals surface area contributed by atoms with Gasteiger partial charge in [-0.25, -0.2) is 0 Å². The molecule has 0 bridgehead atoms. The van der Waals surface area contributed by atoms with Gasteiger partial charge in [0.25, 0.3) is 0 Å². The molecule has 0 aliphatic carbocycles. The van der Waals surface area contributed by atoms with E-state index in [0.717, 1.165) is 30.3 Å². The van der Waals surface area contributed by atoms with Crippen LogP contribution in [0.3, 0.4) is 0 Å². The van der Waals surface area contributed by atoms with Crippen LogP contribution in [-0.2, 0) is 13.0 Å². The van der Waals surface area contributed by atoms with Gasteiger partial charge in [-0.05, 0) is 64.3 Å². The third-order valence-electron chi connectivity index (χ3n) is 4.63. The van der Waals surface area contributed by atoms with Gasteiger partial charge in [-0.15, -0.1) is 0 Å². The molecule has 1 fully saturated rings. The van der Waals surface area contributed by atoms with Gasteiger partial charge < -0.3 is 4.90 Å². The second kappa shape index (κ2) is 6.61. The Labute approximate surface area is 133 Å². The monoisotopic (exact) mass is 298 g/mol. The number of nitrogens with zero attached hydrogens (tertiary/aromatic N) is 4. The third-order valence-corrected chi connectivity index (χ3v) is 4.63. The second-order valence-electron chi connectivity index (χ2n) is 6.49. The predicted molar refractivity (Wildman–Crippen MR) is 89.7 cm³/mol. The first kappa shape index (κ1) is 15.2. The molecule has 3 rings (SSSR count). The molecule has 0 radical (unpaired) electrons. The summed E-state index contributed by atoms with van der Waals surface area (Å²) in [4.78, 5) is 7.45. The molecule has 0 saturated carbocycles. The summed E-state index contributed by atoms with van der Waals surface area (Å²) in [5.74, 6) is 0.737. The molecule has 0 unspecified atom stereocenters. The number of aryl methyl sites for hydroxylation is 1. The molecule has 118 valence electrons. The van der Waals surface area contributed by atoms with Crippen LogP contribution in [0.1, 0.15) is 32.9 Å². The fourth-order valence-corrected chi connectivity index (χ4v) is 3.33. The molecule has 4 heteroatoms. The van der Waals surface area contributed by atoms with Crippen LogP contribution in [0.2, 0.25) is 0 Å². The zero-order valence-electron chi connectivity index (χ0n) is 13.9. The molecule has 3 heterocycles. The molecule has 1 aliphatic rings. The summed E-state index contributed by atoms with van der Waals surface area (Å²) in [6.45, 7) is 9.99. The van der Waals surface area contributed by atoms with Gasteiger partial charge in [0.1, 0.15) is 0 Å². The lowest BCUT2D eigenvalue weighted by Crippen LogP contribution is -2.28. The summed E-state index contributed by atoms with van der Waals surface area (Å²) in [7, 11) is 0. The molecule has 0 spiro atoms. The number of hydrogen-bond donors (Lipinski definition) is 0. The maximum atomic E-state index is 4.88. The van der Waals surface area contributed by atoms with E-state index in [9.17, 15) is 0 Å². The summed E-state index contributed by atoms with van der Waals surface area (Å²) < 4.78 is 2.00. The normalized spacial score (nSPS) is 19.2. The zero-order chi connectivity index (χ0) is 15.5. The molecule has 1 aliphatic heterocycles. The number of pyridine rings is 1. The molecule has 2 aromatic rings. The first-order valence-corrected chi connectivity index (χ1v) is 8.39. The molecule has 4 nitrogen and oxygen atoms in total. The molecule has 1 saturated heterocycles. The summed E-state index contributed by atoms with van der Waals surface area (Å²) in [6.07, 6.45) is 4.22. The molecule has 22 heavy (non-hydrogen) atoms. The number of likely N-dealkylation sites (tertiary alicyclic amines) is 1. The molecule has 0 aromatic carbocycles. The van der Waals surface area contributed by atoms with E-state index in [1.54, 1.807) is 0 Å². The predicted octanol–water partition coefficient (Wildman–Crippen LogP) is 3.24. The van der Waals surface area contributed by atoms with Crippen molar-refractivity contribution in [1.29, 1.82) is 0 Å². The SMILES string of the molecule is CCn1nccc1-c1cccc(C[C@H]2CCN(C(C)C)C2)n1. The lowest BCUT2D eigenvalue weighted by atomic mass is 10.0. The molecular formula is C18H26N4. The van der Waals surface area contributed by atoms with Gasteiger partial charge in [0.2, 0.25) is 0 Å². The Morgan fingerprint density at radius 1 is 1.27 bits per heavy atom. The van der Waals surface area contributed by atoms with E-state index in [1.165, 1.54) is 25.2 Å². The minimum absolute atomic E-state index is 0.656. The Balaban J connectivity index is 1.72. The maximum absolute atomic E-state index is 4.88. The van der Waals surface area contributed by atoms with E-state index < -0.39 is 0 Å². The van der Waals surface area contributed by atoms with Crippen molar-refractivity contribution in [3.8, 4) is 11.4 Å². The quantitative estimate of drug-likeness (QED) is 0.850. The van der Waals surface area contributed by atoms with Gasteiger partial charge in [0.15, 0.2) is 0 Å². The summed E-state index contributed by atoms with van der Waals surface area (Å²) in [6, 6.07) is 9.07. The van der Waals surface area contributed by atoms with Crippen LogP contribution in [0.4, 0.5) is 0 Å². The molecular weight excluding hydrogens is 272 g/mol. The lowest BCUT2D eigenvalue weighted by molar-refractivity contribution is 0.265. The van der Waals surface area contributed by atoms with E-state index in [-0.39, 0.29) is 0 Å². The van der Waals surface area contributed by atoms with Crippen molar-refractivity contribution in [2.24, 2.45) is 5.92 Å².